The van der Waals surface area contributed by atoms with Crippen LogP contribution < -0.4 is 0 Å². The maximum atomic E-state index is 12.1. The molecular formula is C12H23N3O3. The Balaban J connectivity index is 2.35. The van der Waals surface area contributed by atoms with Crippen LogP contribution in [-0.2, 0) is 4.79 Å². The molecule has 0 atom stereocenters. The Morgan fingerprint density at radius 2 is 1.78 bits per heavy atom. The predicted octanol–water partition coefficient (Wildman–Crippen LogP) is 0.539. The van der Waals surface area contributed by atoms with Crippen LogP contribution in [0.25, 0.3) is 0 Å². The SMILES string of the molecule is CC(C)N(C)C(=O)N1CCN(CCC(=O)O)CC1. The lowest BCUT2D eigenvalue weighted by Crippen LogP contribution is -2.53. The van der Waals surface area contributed by atoms with Crippen LogP contribution in [0.3, 0.4) is 0 Å². The Hall–Kier alpha value is -1.30. The first-order valence-electron chi connectivity index (χ1n) is 6.37. The first-order chi connectivity index (χ1) is 8.41. The molecule has 0 spiro atoms. The zero-order chi connectivity index (χ0) is 13.7. The minimum absolute atomic E-state index is 0.0582. The fourth-order valence-corrected chi connectivity index (χ4v) is 1.86. The lowest BCUT2D eigenvalue weighted by atomic mass is 10.3. The van der Waals surface area contributed by atoms with Crippen molar-refractivity contribution in [2.75, 3.05) is 39.8 Å². The van der Waals surface area contributed by atoms with Crippen molar-refractivity contribution < 1.29 is 14.7 Å². The Morgan fingerprint density at radius 1 is 1.22 bits per heavy atom. The third-order valence-corrected chi connectivity index (χ3v) is 3.36. The molecule has 0 saturated carbocycles. The van der Waals surface area contributed by atoms with Gasteiger partial charge in [-0.15, -0.1) is 0 Å². The summed E-state index contributed by atoms with van der Waals surface area (Å²) in [5.74, 6) is -0.770. The third-order valence-electron chi connectivity index (χ3n) is 3.36. The Kier molecular flexibility index (Phi) is 5.40. The van der Waals surface area contributed by atoms with Gasteiger partial charge >= 0.3 is 12.0 Å². The molecule has 1 saturated heterocycles. The molecule has 0 aliphatic carbocycles. The Labute approximate surface area is 108 Å². The summed E-state index contributed by atoms with van der Waals surface area (Å²) < 4.78 is 0. The van der Waals surface area contributed by atoms with Crippen LogP contribution >= 0.6 is 0 Å². The standard InChI is InChI=1S/C12H23N3O3/c1-10(2)13(3)12(18)15-8-6-14(7-9-15)5-4-11(16)17/h10H,4-9H2,1-3H3,(H,16,17). The number of hydrogen-bond acceptors (Lipinski definition) is 3. The molecule has 0 aromatic rings. The summed E-state index contributed by atoms with van der Waals surface area (Å²) in [6, 6.07) is 0.255. The van der Waals surface area contributed by atoms with Crippen molar-refractivity contribution in [1.82, 2.24) is 14.7 Å². The van der Waals surface area contributed by atoms with E-state index in [0.717, 1.165) is 13.1 Å². The van der Waals surface area contributed by atoms with Gasteiger partial charge in [0, 0.05) is 45.8 Å². The van der Waals surface area contributed by atoms with E-state index in [1.807, 2.05) is 25.8 Å². The summed E-state index contributed by atoms with van der Waals surface area (Å²) in [6.45, 7) is 7.40. The van der Waals surface area contributed by atoms with Crippen molar-refractivity contribution >= 4 is 12.0 Å². The number of aliphatic carboxylic acids is 1. The van der Waals surface area contributed by atoms with Crippen LogP contribution in [0.1, 0.15) is 20.3 Å². The van der Waals surface area contributed by atoms with Crippen molar-refractivity contribution in [3.8, 4) is 0 Å². The topological polar surface area (TPSA) is 64.1 Å². The molecule has 1 rings (SSSR count). The number of urea groups is 1. The highest BCUT2D eigenvalue weighted by molar-refractivity contribution is 5.74. The largest absolute Gasteiger partial charge is 0.481 e. The molecule has 2 amide bonds. The van der Waals surface area contributed by atoms with E-state index in [0.29, 0.717) is 19.6 Å². The Bertz CT molecular complexity index is 299. The molecule has 0 aromatic carbocycles. The van der Waals surface area contributed by atoms with Crippen molar-refractivity contribution in [2.45, 2.75) is 26.3 Å². The van der Waals surface area contributed by atoms with Gasteiger partial charge in [-0.3, -0.25) is 9.69 Å². The second-order valence-electron chi connectivity index (χ2n) is 4.96. The maximum absolute atomic E-state index is 12.1. The molecule has 18 heavy (non-hydrogen) atoms. The normalized spacial score (nSPS) is 17.0. The number of amides is 2. The first kappa shape index (κ1) is 14.8. The number of carboxylic acids is 1. The van der Waals surface area contributed by atoms with E-state index in [-0.39, 0.29) is 18.5 Å². The molecule has 104 valence electrons. The van der Waals surface area contributed by atoms with Crippen LogP contribution in [0, 0.1) is 0 Å². The number of hydrogen-bond donors (Lipinski definition) is 1. The van der Waals surface area contributed by atoms with Crippen molar-refractivity contribution in [3.63, 3.8) is 0 Å². The molecule has 0 aromatic heterocycles. The van der Waals surface area contributed by atoms with E-state index in [4.69, 9.17) is 5.11 Å². The first-order valence-corrected chi connectivity index (χ1v) is 6.37. The van der Waals surface area contributed by atoms with Crippen LogP contribution in [-0.4, -0.2) is 77.6 Å². The number of piperazine rings is 1. The highest BCUT2D eigenvalue weighted by Gasteiger charge is 2.24. The molecule has 0 unspecified atom stereocenters. The van der Waals surface area contributed by atoms with Crippen LogP contribution in [0.15, 0.2) is 0 Å². The minimum Gasteiger partial charge on any atom is -0.481 e. The number of carboxylic acid groups (broad SMARTS) is 1. The van der Waals surface area contributed by atoms with E-state index in [1.54, 1.807) is 4.90 Å². The van der Waals surface area contributed by atoms with E-state index in [1.165, 1.54) is 0 Å². The van der Waals surface area contributed by atoms with Crippen molar-refractivity contribution in [2.24, 2.45) is 0 Å². The van der Waals surface area contributed by atoms with Gasteiger partial charge in [-0.25, -0.2) is 4.79 Å². The lowest BCUT2D eigenvalue weighted by Gasteiger charge is -2.37. The zero-order valence-corrected chi connectivity index (χ0v) is 11.4. The van der Waals surface area contributed by atoms with Gasteiger partial charge in [0.2, 0.25) is 0 Å². The number of nitrogens with zero attached hydrogens (tertiary/aromatic N) is 3. The average Bonchev–Trinajstić information content (AvgIpc) is 2.35. The number of rotatable bonds is 4. The quantitative estimate of drug-likeness (QED) is 0.798. The molecule has 0 radical (unpaired) electrons. The van der Waals surface area contributed by atoms with Gasteiger partial charge in [0.15, 0.2) is 0 Å². The second-order valence-corrected chi connectivity index (χ2v) is 4.96. The summed E-state index contributed by atoms with van der Waals surface area (Å²) in [5.41, 5.74) is 0. The van der Waals surface area contributed by atoms with Gasteiger partial charge in [-0.2, -0.15) is 0 Å². The smallest absolute Gasteiger partial charge is 0.320 e. The predicted molar refractivity (Wildman–Crippen MR) is 68.6 cm³/mol. The molecule has 1 aliphatic rings. The van der Waals surface area contributed by atoms with Crippen molar-refractivity contribution in [1.29, 1.82) is 0 Å². The van der Waals surface area contributed by atoms with Gasteiger partial charge in [0.1, 0.15) is 0 Å². The van der Waals surface area contributed by atoms with Gasteiger partial charge < -0.3 is 14.9 Å². The van der Waals surface area contributed by atoms with Crippen LogP contribution in [0.5, 0.6) is 0 Å². The fourth-order valence-electron chi connectivity index (χ4n) is 1.86. The summed E-state index contributed by atoms with van der Waals surface area (Å²) in [4.78, 5) is 28.2. The molecule has 6 nitrogen and oxygen atoms in total. The van der Waals surface area contributed by atoms with Gasteiger partial charge in [-0.05, 0) is 13.8 Å². The molecule has 1 fully saturated rings. The molecule has 1 N–H and O–H groups in total. The minimum atomic E-state index is -0.770. The summed E-state index contributed by atoms with van der Waals surface area (Å²) in [7, 11) is 1.81. The number of carbonyl (C=O) groups excluding carboxylic acids is 1. The van der Waals surface area contributed by atoms with Gasteiger partial charge in [0.05, 0.1) is 6.42 Å². The van der Waals surface area contributed by atoms with Crippen LogP contribution in [0.4, 0.5) is 4.79 Å². The second kappa shape index (κ2) is 6.58. The maximum Gasteiger partial charge on any atom is 0.320 e. The summed E-state index contributed by atoms with van der Waals surface area (Å²) in [5, 5.41) is 8.62. The molecule has 1 heterocycles. The van der Waals surface area contributed by atoms with E-state index < -0.39 is 5.97 Å². The van der Waals surface area contributed by atoms with E-state index in [2.05, 4.69) is 4.90 Å². The van der Waals surface area contributed by atoms with Crippen LogP contribution in [0.2, 0.25) is 0 Å². The molecule has 0 bridgehead atoms. The van der Waals surface area contributed by atoms with E-state index in [9.17, 15) is 9.59 Å². The highest BCUT2D eigenvalue weighted by Crippen LogP contribution is 2.07. The third kappa shape index (κ3) is 4.18. The highest BCUT2D eigenvalue weighted by atomic mass is 16.4. The van der Waals surface area contributed by atoms with E-state index >= 15 is 0 Å². The molecule has 1 aliphatic heterocycles. The molecule has 6 heteroatoms. The van der Waals surface area contributed by atoms with Gasteiger partial charge in [0.25, 0.3) is 0 Å². The monoisotopic (exact) mass is 257 g/mol. The number of carbonyl (C=O) groups is 2. The lowest BCUT2D eigenvalue weighted by molar-refractivity contribution is -0.137. The summed E-state index contributed by atoms with van der Waals surface area (Å²) in [6.07, 6.45) is 0.167. The zero-order valence-electron chi connectivity index (χ0n) is 11.4. The Morgan fingerprint density at radius 3 is 2.22 bits per heavy atom. The summed E-state index contributed by atoms with van der Waals surface area (Å²) >= 11 is 0. The average molecular weight is 257 g/mol. The molecular weight excluding hydrogens is 234 g/mol. The fraction of sp³-hybridized carbons (Fsp3) is 0.833. The van der Waals surface area contributed by atoms with Crippen molar-refractivity contribution in [3.05, 3.63) is 0 Å². The van der Waals surface area contributed by atoms with Gasteiger partial charge in [-0.1, -0.05) is 0 Å².